The topological polar surface area (TPSA) is 140 Å². The number of halogens is 2. The van der Waals surface area contributed by atoms with E-state index >= 15 is 0 Å². The van der Waals surface area contributed by atoms with E-state index in [0.717, 1.165) is 96.8 Å². The van der Waals surface area contributed by atoms with Crippen LogP contribution in [0.2, 0.25) is 0 Å². The molecule has 0 unspecified atom stereocenters. The highest BCUT2D eigenvalue weighted by molar-refractivity contribution is 5.92. The molecule has 3 fully saturated rings. The summed E-state index contributed by atoms with van der Waals surface area (Å²) in [6, 6.07) is 9.12. The van der Waals surface area contributed by atoms with Crippen molar-refractivity contribution in [2.24, 2.45) is 23.7 Å². The Balaban J connectivity index is 0.00000368. The van der Waals surface area contributed by atoms with Crippen LogP contribution in [-0.4, -0.2) is 85.6 Å². The third-order valence-electron chi connectivity index (χ3n) is 9.86. The average molecular weight is 685 g/mol. The zero-order chi connectivity index (χ0) is 31.1. The number of carboxylic acids is 1. The number of rotatable bonds is 15. The maximum atomic E-state index is 13.3. The van der Waals surface area contributed by atoms with Crippen LogP contribution in [0.5, 0.6) is 0 Å². The highest BCUT2D eigenvalue weighted by Gasteiger charge is 2.31. The summed E-state index contributed by atoms with van der Waals surface area (Å²) in [4.78, 5) is 52.8. The van der Waals surface area contributed by atoms with Crippen molar-refractivity contribution in [2.45, 2.75) is 83.1 Å². The summed E-state index contributed by atoms with van der Waals surface area (Å²) in [6.45, 7) is 4.91. The lowest BCUT2D eigenvalue weighted by molar-refractivity contribution is -0.144. The fraction of sp³-hybridized carbons (Fsp3) is 0.706. The van der Waals surface area contributed by atoms with Crippen molar-refractivity contribution in [3.8, 4) is 0 Å². The van der Waals surface area contributed by atoms with Crippen LogP contribution < -0.4 is 21.3 Å². The molecule has 260 valence electrons. The molecule has 3 aliphatic rings. The monoisotopic (exact) mass is 683 g/mol. The number of aliphatic carboxylic acids is 1. The molecule has 0 saturated carbocycles. The molecule has 46 heavy (non-hydrogen) atoms. The molecule has 1 aromatic carbocycles. The molecule has 0 radical (unpaired) electrons. The minimum absolute atomic E-state index is 0. The van der Waals surface area contributed by atoms with E-state index in [-0.39, 0.29) is 49.1 Å². The van der Waals surface area contributed by atoms with Gasteiger partial charge in [0.1, 0.15) is 6.04 Å². The van der Waals surface area contributed by atoms with E-state index in [1.165, 1.54) is 5.56 Å². The lowest BCUT2D eigenvalue weighted by Crippen LogP contribution is -2.53. The van der Waals surface area contributed by atoms with E-state index in [0.29, 0.717) is 30.8 Å². The predicted octanol–water partition coefficient (Wildman–Crippen LogP) is 3.56. The number of carbonyl (C=O) groups excluding carboxylic acids is 3. The first-order valence-corrected chi connectivity index (χ1v) is 16.9. The Morgan fingerprint density at radius 2 is 1.35 bits per heavy atom. The van der Waals surface area contributed by atoms with Gasteiger partial charge in [0.15, 0.2) is 0 Å². The predicted molar refractivity (Wildman–Crippen MR) is 184 cm³/mol. The number of piperidine rings is 3. The van der Waals surface area contributed by atoms with Gasteiger partial charge < -0.3 is 31.3 Å². The number of hydrogen-bond donors (Lipinski definition) is 5. The van der Waals surface area contributed by atoms with E-state index in [2.05, 4.69) is 33.4 Å². The molecule has 1 atom stereocenters. The van der Waals surface area contributed by atoms with Crippen LogP contribution in [0.4, 0.5) is 0 Å². The normalized spacial score (nSPS) is 18.6. The number of nitrogens with one attached hydrogen (secondary N) is 4. The van der Waals surface area contributed by atoms with Crippen LogP contribution in [0.15, 0.2) is 30.3 Å². The summed E-state index contributed by atoms with van der Waals surface area (Å²) in [5.74, 6) is -0.616. The van der Waals surface area contributed by atoms with Gasteiger partial charge in [0.2, 0.25) is 17.7 Å². The maximum absolute atomic E-state index is 13.3. The highest BCUT2D eigenvalue weighted by atomic mass is 35.5. The molecular weight excluding hydrogens is 629 g/mol. The standard InChI is InChI=1S/C34H53N5O5.2ClH/c40-31(24-37-33(43)29(8-6-25-10-16-35-17-11-25)9-7-26-12-18-36-19-13-26)38-30(23-32(41)42)34(44)39-20-14-28(15-21-39)22-27-4-2-1-3-5-27;;/h1-5,25-26,28-30,35-36H,6-24H2,(H,37,43)(H,38,40)(H,41,42);2*1H/t30-;;/m0../s1. The number of benzene rings is 1. The van der Waals surface area contributed by atoms with Gasteiger partial charge in [-0.05, 0) is 120 Å². The molecule has 0 bridgehead atoms. The van der Waals surface area contributed by atoms with Gasteiger partial charge in [-0.3, -0.25) is 19.2 Å². The van der Waals surface area contributed by atoms with Crippen LogP contribution >= 0.6 is 24.8 Å². The molecule has 3 aliphatic heterocycles. The third-order valence-corrected chi connectivity index (χ3v) is 9.86. The zero-order valence-corrected chi connectivity index (χ0v) is 28.7. The van der Waals surface area contributed by atoms with Crippen LogP contribution in [0, 0.1) is 23.7 Å². The number of likely N-dealkylation sites (tertiary alicyclic amines) is 1. The molecule has 4 rings (SSSR count). The second-order valence-corrected chi connectivity index (χ2v) is 13.1. The minimum atomic E-state index is -1.15. The number of amides is 3. The molecule has 0 aliphatic carbocycles. The first kappa shape index (κ1) is 39.8. The molecular formula is C34H55Cl2N5O5. The molecule has 3 heterocycles. The fourth-order valence-corrected chi connectivity index (χ4v) is 7.08. The maximum Gasteiger partial charge on any atom is 0.305 e. The van der Waals surface area contributed by atoms with E-state index in [4.69, 9.17) is 0 Å². The summed E-state index contributed by atoms with van der Waals surface area (Å²) in [5, 5.41) is 21.7. The quantitative estimate of drug-likeness (QED) is 0.191. The van der Waals surface area contributed by atoms with E-state index < -0.39 is 24.3 Å². The Kier molecular flexibility index (Phi) is 18.6. The number of carboxylic acid groups (broad SMARTS) is 1. The minimum Gasteiger partial charge on any atom is -0.481 e. The second kappa shape index (κ2) is 21.5. The van der Waals surface area contributed by atoms with Crippen molar-refractivity contribution in [3.63, 3.8) is 0 Å². The van der Waals surface area contributed by atoms with Gasteiger partial charge in [-0.2, -0.15) is 0 Å². The molecule has 12 heteroatoms. The van der Waals surface area contributed by atoms with Crippen molar-refractivity contribution in [1.82, 2.24) is 26.2 Å². The van der Waals surface area contributed by atoms with Gasteiger partial charge in [-0.15, -0.1) is 24.8 Å². The lowest BCUT2D eigenvalue weighted by Gasteiger charge is -2.34. The number of carbonyl (C=O) groups is 4. The molecule has 0 aromatic heterocycles. The van der Waals surface area contributed by atoms with Crippen LogP contribution in [0.1, 0.15) is 76.2 Å². The molecule has 0 spiro atoms. The first-order valence-electron chi connectivity index (χ1n) is 16.9. The van der Waals surface area contributed by atoms with E-state index in [1.807, 2.05) is 18.2 Å². The van der Waals surface area contributed by atoms with E-state index in [9.17, 15) is 24.3 Å². The lowest BCUT2D eigenvalue weighted by atomic mass is 9.84. The summed E-state index contributed by atoms with van der Waals surface area (Å²) in [7, 11) is 0. The number of hydrogen-bond acceptors (Lipinski definition) is 6. The smallest absolute Gasteiger partial charge is 0.305 e. The van der Waals surface area contributed by atoms with Gasteiger partial charge in [-0.1, -0.05) is 30.3 Å². The largest absolute Gasteiger partial charge is 0.481 e. The Hall–Kier alpha value is -2.40. The summed E-state index contributed by atoms with van der Waals surface area (Å²) in [6.07, 6.45) is 10.3. The second-order valence-electron chi connectivity index (χ2n) is 13.1. The van der Waals surface area contributed by atoms with Gasteiger partial charge in [-0.25, -0.2) is 0 Å². The SMILES string of the molecule is Cl.Cl.O=C(O)C[C@H](NC(=O)CNC(=O)C(CCC1CCNCC1)CCC1CCNCC1)C(=O)N1CCC(Cc2ccccc2)CC1. The van der Waals surface area contributed by atoms with Gasteiger partial charge >= 0.3 is 5.97 Å². The van der Waals surface area contributed by atoms with Crippen molar-refractivity contribution in [2.75, 3.05) is 45.8 Å². The molecule has 3 amide bonds. The Morgan fingerprint density at radius 3 is 1.87 bits per heavy atom. The van der Waals surface area contributed by atoms with Crippen LogP contribution in [0.3, 0.4) is 0 Å². The summed E-state index contributed by atoms with van der Waals surface area (Å²) < 4.78 is 0. The van der Waals surface area contributed by atoms with Gasteiger partial charge in [0.25, 0.3) is 0 Å². The molecule has 5 N–H and O–H groups in total. The zero-order valence-electron chi connectivity index (χ0n) is 27.1. The third kappa shape index (κ3) is 13.8. The van der Waals surface area contributed by atoms with E-state index in [1.54, 1.807) is 4.90 Å². The average Bonchev–Trinajstić information content (AvgIpc) is 3.04. The van der Waals surface area contributed by atoms with Gasteiger partial charge in [0, 0.05) is 19.0 Å². The van der Waals surface area contributed by atoms with Crippen molar-refractivity contribution < 1.29 is 24.3 Å². The van der Waals surface area contributed by atoms with Crippen molar-refractivity contribution >= 4 is 48.5 Å². The fourth-order valence-electron chi connectivity index (χ4n) is 7.08. The molecule has 1 aromatic rings. The molecule has 10 nitrogen and oxygen atoms in total. The molecule has 3 saturated heterocycles. The van der Waals surface area contributed by atoms with Crippen LogP contribution in [0.25, 0.3) is 0 Å². The van der Waals surface area contributed by atoms with Crippen molar-refractivity contribution in [1.29, 1.82) is 0 Å². The Labute approximate surface area is 286 Å². The first-order chi connectivity index (χ1) is 21.4. The summed E-state index contributed by atoms with van der Waals surface area (Å²) in [5.41, 5.74) is 1.27. The Morgan fingerprint density at radius 1 is 0.804 bits per heavy atom. The summed E-state index contributed by atoms with van der Waals surface area (Å²) >= 11 is 0. The Bertz CT molecular complexity index is 1040. The highest BCUT2D eigenvalue weighted by Crippen LogP contribution is 2.27. The number of nitrogens with zero attached hydrogens (tertiary/aromatic N) is 1. The van der Waals surface area contributed by atoms with Crippen molar-refractivity contribution in [3.05, 3.63) is 35.9 Å². The van der Waals surface area contributed by atoms with Gasteiger partial charge in [0.05, 0.1) is 13.0 Å². The van der Waals surface area contributed by atoms with Crippen LogP contribution in [-0.2, 0) is 25.6 Å².